The van der Waals surface area contributed by atoms with Crippen molar-refractivity contribution in [1.82, 2.24) is 0 Å². The first-order valence-corrected chi connectivity index (χ1v) is 4.31. The minimum atomic E-state index is 1.16. The predicted molar refractivity (Wildman–Crippen MR) is 52.7 cm³/mol. The quantitative estimate of drug-likeness (QED) is 0.523. The third-order valence-corrected chi connectivity index (χ3v) is 2.48. The Morgan fingerprint density at radius 2 is 1.27 bits per heavy atom. The number of hydrogen-bond acceptors (Lipinski definition) is 0. The van der Waals surface area contributed by atoms with Gasteiger partial charge in [-0.05, 0) is 52.2 Å². The molecule has 0 saturated carbocycles. The maximum absolute atomic E-state index is 2.21. The summed E-state index contributed by atoms with van der Waals surface area (Å²) >= 11 is 0. The molecule has 0 aliphatic carbocycles. The molecule has 0 aromatic rings. The SMILES string of the molecule is CC/C(C)=C(\C)C(C)=C(C)C. The molecule has 0 aromatic heterocycles. The van der Waals surface area contributed by atoms with Crippen molar-refractivity contribution in [3.05, 3.63) is 22.3 Å². The monoisotopic (exact) mass is 152 g/mol. The molecule has 0 radical (unpaired) electrons. The van der Waals surface area contributed by atoms with Crippen LogP contribution in [0.1, 0.15) is 48.0 Å². The van der Waals surface area contributed by atoms with Crippen molar-refractivity contribution in [1.29, 1.82) is 0 Å². The van der Waals surface area contributed by atoms with Gasteiger partial charge in [-0.1, -0.05) is 18.1 Å². The molecule has 0 atom stereocenters. The second-order valence-corrected chi connectivity index (χ2v) is 3.38. The van der Waals surface area contributed by atoms with Crippen LogP contribution in [-0.2, 0) is 0 Å². The molecule has 0 N–H and O–H groups in total. The highest BCUT2D eigenvalue weighted by molar-refractivity contribution is 5.33. The van der Waals surface area contributed by atoms with Crippen molar-refractivity contribution < 1.29 is 0 Å². The van der Waals surface area contributed by atoms with E-state index in [1.165, 1.54) is 22.3 Å². The third-order valence-electron chi connectivity index (χ3n) is 2.48. The minimum absolute atomic E-state index is 1.16. The molecule has 0 amide bonds. The van der Waals surface area contributed by atoms with E-state index in [0.717, 1.165) is 6.42 Å². The van der Waals surface area contributed by atoms with E-state index in [1.54, 1.807) is 0 Å². The maximum Gasteiger partial charge on any atom is -0.0346 e. The van der Waals surface area contributed by atoms with Crippen LogP contribution in [0.15, 0.2) is 22.3 Å². The largest absolute Gasteiger partial charge is 0.0732 e. The van der Waals surface area contributed by atoms with Gasteiger partial charge in [0.25, 0.3) is 0 Å². The Balaban J connectivity index is 4.75. The summed E-state index contributed by atoms with van der Waals surface area (Å²) in [5.74, 6) is 0. The fourth-order valence-electron chi connectivity index (χ4n) is 0.960. The van der Waals surface area contributed by atoms with Crippen LogP contribution < -0.4 is 0 Å². The summed E-state index contributed by atoms with van der Waals surface area (Å²) in [7, 11) is 0. The van der Waals surface area contributed by atoms with Gasteiger partial charge in [0.2, 0.25) is 0 Å². The Hall–Kier alpha value is -0.520. The van der Waals surface area contributed by atoms with Crippen LogP contribution >= 0.6 is 0 Å². The van der Waals surface area contributed by atoms with Crippen molar-refractivity contribution in [3.63, 3.8) is 0 Å². The second-order valence-electron chi connectivity index (χ2n) is 3.38. The third kappa shape index (κ3) is 2.92. The first-order chi connectivity index (χ1) is 5.00. The van der Waals surface area contributed by atoms with Gasteiger partial charge < -0.3 is 0 Å². The van der Waals surface area contributed by atoms with Crippen molar-refractivity contribution in [2.24, 2.45) is 0 Å². The average molecular weight is 152 g/mol. The smallest absolute Gasteiger partial charge is 0.0346 e. The van der Waals surface area contributed by atoms with Crippen LogP contribution in [0.5, 0.6) is 0 Å². The maximum atomic E-state index is 2.21. The van der Waals surface area contributed by atoms with Crippen LogP contribution in [0, 0.1) is 0 Å². The number of hydrogen-bond donors (Lipinski definition) is 0. The molecule has 0 fully saturated rings. The van der Waals surface area contributed by atoms with E-state index in [9.17, 15) is 0 Å². The van der Waals surface area contributed by atoms with Gasteiger partial charge >= 0.3 is 0 Å². The van der Waals surface area contributed by atoms with Crippen LogP contribution in [0.3, 0.4) is 0 Å². The molecule has 0 rings (SSSR count). The Labute approximate surface area is 71.0 Å². The van der Waals surface area contributed by atoms with E-state index in [0.29, 0.717) is 0 Å². The van der Waals surface area contributed by atoms with Gasteiger partial charge in [0.1, 0.15) is 0 Å². The van der Waals surface area contributed by atoms with Gasteiger partial charge in [0.05, 0.1) is 0 Å². The topological polar surface area (TPSA) is 0 Å². The Bertz CT molecular complexity index is 188. The molecule has 0 aromatic carbocycles. The molecule has 0 nitrogen and oxygen atoms in total. The van der Waals surface area contributed by atoms with Gasteiger partial charge in [0.15, 0.2) is 0 Å². The normalized spacial score (nSPS) is 12.5. The summed E-state index contributed by atoms with van der Waals surface area (Å²) in [5, 5.41) is 0. The van der Waals surface area contributed by atoms with E-state index in [2.05, 4.69) is 41.5 Å². The van der Waals surface area contributed by atoms with Crippen LogP contribution in [-0.4, -0.2) is 0 Å². The van der Waals surface area contributed by atoms with Gasteiger partial charge in [-0.3, -0.25) is 0 Å². The van der Waals surface area contributed by atoms with Crippen LogP contribution in [0.2, 0.25) is 0 Å². The molecule has 11 heavy (non-hydrogen) atoms. The standard InChI is InChI=1S/C11H20/c1-7-9(4)11(6)10(5)8(2)3/h7H2,1-6H3/b11-9+. The van der Waals surface area contributed by atoms with Crippen LogP contribution in [0.4, 0.5) is 0 Å². The molecule has 0 unspecified atom stereocenters. The van der Waals surface area contributed by atoms with E-state index in [4.69, 9.17) is 0 Å². The highest BCUT2D eigenvalue weighted by Gasteiger charge is 1.98. The first-order valence-electron chi connectivity index (χ1n) is 4.31. The summed E-state index contributed by atoms with van der Waals surface area (Å²) in [4.78, 5) is 0. The summed E-state index contributed by atoms with van der Waals surface area (Å²) in [6.07, 6.45) is 1.16. The highest BCUT2D eigenvalue weighted by Crippen LogP contribution is 2.18. The van der Waals surface area contributed by atoms with Gasteiger partial charge in [-0.15, -0.1) is 0 Å². The summed E-state index contributed by atoms with van der Waals surface area (Å²) in [6, 6.07) is 0. The van der Waals surface area contributed by atoms with Crippen molar-refractivity contribution >= 4 is 0 Å². The zero-order valence-corrected chi connectivity index (χ0v) is 8.71. The predicted octanol–water partition coefficient (Wildman–Crippen LogP) is 4.09. The van der Waals surface area contributed by atoms with E-state index in [1.807, 2.05) is 0 Å². The van der Waals surface area contributed by atoms with E-state index in [-0.39, 0.29) is 0 Å². The Kier molecular flexibility index (Phi) is 4.17. The van der Waals surface area contributed by atoms with E-state index >= 15 is 0 Å². The van der Waals surface area contributed by atoms with Gasteiger partial charge in [-0.25, -0.2) is 0 Å². The lowest BCUT2D eigenvalue weighted by atomic mass is 9.99. The molecule has 0 bridgehead atoms. The minimum Gasteiger partial charge on any atom is -0.0732 e. The van der Waals surface area contributed by atoms with E-state index < -0.39 is 0 Å². The van der Waals surface area contributed by atoms with Crippen molar-refractivity contribution in [2.75, 3.05) is 0 Å². The zero-order valence-electron chi connectivity index (χ0n) is 8.71. The fourth-order valence-corrected chi connectivity index (χ4v) is 0.960. The van der Waals surface area contributed by atoms with Gasteiger partial charge in [-0.2, -0.15) is 0 Å². The Morgan fingerprint density at radius 3 is 1.55 bits per heavy atom. The fraction of sp³-hybridized carbons (Fsp3) is 0.636. The molecule has 0 heterocycles. The zero-order chi connectivity index (χ0) is 9.02. The van der Waals surface area contributed by atoms with Gasteiger partial charge in [0, 0.05) is 0 Å². The van der Waals surface area contributed by atoms with Crippen molar-refractivity contribution in [3.8, 4) is 0 Å². The van der Waals surface area contributed by atoms with Crippen molar-refractivity contribution in [2.45, 2.75) is 48.0 Å². The van der Waals surface area contributed by atoms with Crippen LogP contribution in [0.25, 0.3) is 0 Å². The lowest BCUT2D eigenvalue weighted by molar-refractivity contribution is 1.05. The molecule has 0 spiro atoms. The first kappa shape index (κ1) is 10.5. The Morgan fingerprint density at radius 1 is 0.818 bits per heavy atom. The molecule has 0 heteroatoms. The summed E-state index contributed by atoms with van der Waals surface area (Å²) in [6.45, 7) is 13.2. The molecule has 0 saturated heterocycles. The summed E-state index contributed by atoms with van der Waals surface area (Å²) < 4.78 is 0. The molecule has 0 aliphatic rings. The molecular weight excluding hydrogens is 132 g/mol. The number of allylic oxidation sites excluding steroid dienone is 4. The lowest BCUT2D eigenvalue weighted by Crippen LogP contribution is -1.87. The number of rotatable bonds is 2. The summed E-state index contributed by atoms with van der Waals surface area (Å²) in [5.41, 5.74) is 5.84. The molecular formula is C11H20. The average Bonchev–Trinajstić information content (AvgIpc) is 2.00. The highest BCUT2D eigenvalue weighted by atomic mass is 14.0. The molecule has 64 valence electrons. The second kappa shape index (κ2) is 4.38. The molecule has 0 aliphatic heterocycles. The lowest BCUT2D eigenvalue weighted by Gasteiger charge is -2.07.